The van der Waals surface area contributed by atoms with Crippen LogP contribution in [0.15, 0.2) is 0 Å². The summed E-state index contributed by atoms with van der Waals surface area (Å²) in [5.41, 5.74) is 1.26. The molecule has 0 bridgehead atoms. The summed E-state index contributed by atoms with van der Waals surface area (Å²) >= 11 is 0. The lowest BCUT2D eigenvalue weighted by Gasteiger charge is -2.31. The van der Waals surface area contributed by atoms with Crippen molar-refractivity contribution in [2.24, 2.45) is 28.6 Å². The zero-order chi connectivity index (χ0) is 14.1. The molecule has 0 aromatic rings. The third-order valence-electron chi connectivity index (χ3n) is 6.12. The fraction of sp³-hybridized carbons (Fsp3) is 1.00. The average Bonchev–Trinajstić information content (AvgIpc) is 2.83. The van der Waals surface area contributed by atoms with Gasteiger partial charge in [0.1, 0.15) is 0 Å². The Hall–Kier alpha value is 0. The van der Waals surface area contributed by atoms with Crippen molar-refractivity contribution in [3.8, 4) is 0 Å². The number of hydrogen-bond acceptors (Lipinski definition) is 0. The van der Waals surface area contributed by atoms with Crippen molar-refractivity contribution in [2.45, 2.75) is 92.4 Å². The Morgan fingerprint density at radius 2 is 1.37 bits per heavy atom. The van der Waals surface area contributed by atoms with Gasteiger partial charge < -0.3 is 0 Å². The Kier molecular flexibility index (Phi) is 4.68. The topological polar surface area (TPSA) is 0 Å². The molecule has 0 N–H and O–H groups in total. The Bertz CT molecular complexity index is 260. The summed E-state index contributed by atoms with van der Waals surface area (Å²) in [6.45, 7) is 12.3. The van der Waals surface area contributed by atoms with E-state index >= 15 is 0 Å². The van der Waals surface area contributed by atoms with Gasteiger partial charge in [0.05, 0.1) is 0 Å². The van der Waals surface area contributed by atoms with Crippen LogP contribution in [0.25, 0.3) is 0 Å². The van der Waals surface area contributed by atoms with Crippen LogP contribution in [0.1, 0.15) is 92.4 Å². The van der Waals surface area contributed by atoms with Gasteiger partial charge in [0.15, 0.2) is 0 Å². The molecule has 0 nitrogen and oxygen atoms in total. The second-order valence-corrected chi connectivity index (χ2v) is 9.14. The minimum absolute atomic E-state index is 0.628. The molecule has 112 valence electrons. The lowest BCUT2D eigenvalue weighted by atomic mass is 9.74. The van der Waals surface area contributed by atoms with Crippen LogP contribution in [0.4, 0.5) is 0 Å². The van der Waals surface area contributed by atoms with E-state index in [0.29, 0.717) is 10.8 Å². The van der Waals surface area contributed by atoms with Gasteiger partial charge >= 0.3 is 0 Å². The van der Waals surface area contributed by atoms with E-state index < -0.39 is 0 Å². The first-order valence-corrected chi connectivity index (χ1v) is 8.83. The van der Waals surface area contributed by atoms with E-state index in [1.807, 2.05) is 0 Å². The highest BCUT2D eigenvalue weighted by Crippen LogP contribution is 2.52. The SMILES string of the molecule is CCCCC(C1CCC(C)(C)C1)C1CCC(C)(C)C1. The van der Waals surface area contributed by atoms with Crippen LogP contribution in [-0.4, -0.2) is 0 Å². The molecule has 2 aliphatic rings. The van der Waals surface area contributed by atoms with Gasteiger partial charge in [-0.1, -0.05) is 47.5 Å². The maximum Gasteiger partial charge on any atom is -0.0351 e. The fourth-order valence-corrected chi connectivity index (χ4v) is 5.01. The van der Waals surface area contributed by atoms with Gasteiger partial charge in [-0.05, 0) is 73.5 Å². The molecule has 0 amide bonds. The zero-order valence-electron chi connectivity index (χ0n) is 14.1. The average molecular weight is 264 g/mol. The molecule has 2 unspecified atom stereocenters. The largest absolute Gasteiger partial charge is 0.0654 e. The summed E-state index contributed by atoms with van der Waals surface area (Å²) in [7, 11) is 0. The van der Waals surface area contributed by atoms with Crippen molar-refractivity contribution in [1.29, 1.82) is 0 Å². The van der Waals surface area contributed by atoms with Gasteiger partial charge in [0.25, 0.3) is 0 Å². The van der Waals surface area contributed by atoms with Crippen LogP contribution in [-0.2, 0) is 0 Å². The Morgan fingerprint density at radius 1 is 0.895 bits per heavy atom. The highest BCUT2D eigenvalue weighted by Gasteiger charge is 2.42. The van der Waals surface area contributed by atoms with Crippen LogP contribution in [0.2, 0.25) is 0 Å². The smallest absolute Gasteiger partial charge is 0.0351 e. The molecule has 0 radical (unpaired) electrons. The first-order valence-electron chi connectivity index (χ1n) is 8.83. The van der Waals surface area contributed by atoms with E-state index in [4.69, 9.17) is 0 Å². The lowest BCUT2D eigenvalue weighted by Crippen LogP contribution is -2.22. The monoisotopic (exact) mass is 264 g/mol. The van der Waals surface area contributed by atoms with Crippen molar-refractivity contribution in [1.82, 2.24) is 0 Å². The molecule has 2 atom stereocenters. The van der Waals surface area contributed by atoms with Gasteiger partial charge in [0.2, 0.25) is 0 Å². The first-order chi connectivity index (χ1) is 8.83. The van der Waals surface area contributed by atoms with E-state index in [0.717, 1.165) is 17.8 Å². The van der Waals surface area contributed by atoms with Crippen LogP contribution >= 0.6 is 0 Å². The maximum atomic E-state index is 2.49. The van der Waals surface area contributed by atoms with Gasteiger partial charge in [-0.2, -0.15) is 0 Å². The minimum Gasteiger partial charge on any atom is -0.0654 e. The third kappa shape index (κ3) is 3.99. The van der Waals surface area contributed by atoms with Crippen LogP contribution in [0, 0.1) is 28.6 Å². The van der Waals surface area contributed by atoms with Crippen molar-refractivity contribution in [3.63, 3.8) is 0 Å². The van der Waals surface area contributed by atoms with Crippen LogP contribution in [0.5, 0.6) is 0 Å². The number of unbranched alkanes of at least 4 members (excludes halogenated alkanes) is 1. The van der Waals surface area contributed by atoms with Gasteiger partial charge in [-0.25, -0.2) is 0 Å². The summed E-state index contributed by atoms with van der Waals surface area (Å²) < 4.78 is 0. The molecule has 0 heteroatoms. The second kappa shape index (κ2) is 5.78. The van der Waals surface area contributed by atoms with E-state index in [-0.39, 0.29) is 0 Å². The lowest BCUT2D eigenvalue weighted by molar-refractivity contribution is 0.186. The standard InChI is InChI=1S/C19H36/c1-6-7-8-17(15-9-11-18(2,3)13-15)16-10-12-19(4,5)14-16/h15-17H,6-14H2,1-5H3. The molecule has 19 heavy (non-hydrogen) atoms. The highest BCUT2D eigenvalue weighted by atomic mass is 14.5. The summed E-state index contributed by atoms with van der Waals surface area (Å²) in [4.78, 5) is 0. The summed E-state index contributed by atoms with van der Waals surface area (Å²) in [5, 5.41) is 0. The molecule has 0 spiro atoms. The van der Waals surface area contributed by atoms with E-state index in [1.165, 1.54) is 57.8 Å². The molecule has 0 aliphatic heterocycles. The molecule has 0 saturated heterocycles. The number of hydrogen-bond donors (Lipinski definition) is 0. The quantitative estimate of drug-likeness (QED) is 0.535. The van der Waals surface area contributed by atoms with Crippen molar-refractivity contribution in [2.75, 3.05) is 0 Å². The van der Waals surface area contributed by atoms with E-state index in [2.05, 4.69) is 34.6 Å². The zero-order valence-corrected chi connectivity index (χ0v) is 14.1. The predicted molar refractivity (Wildman–Crippen MR) is 85.3 cm³/mol. The minimum atomic E-state index is 0.628. The number of rotatable bonds is 5. The van der Waals surface area contributed by atoms with Crippen molar-refractivity contribution >= 4 is 0 Å². The highest BCUT2D eigenvalue weighted by molar-refractivity contribution is 4.92. The van der Waals surface area contributed by atoms with E-state index in [1.54, 1.807) is 0 Å². The van der Waals surface area contributed by atoms with Crippen molar-refractivity contribution < 1.29 is 0 Å². The normalized spacial score (nSPS) is 34.6. The molecule has 0 heterocycles. The Labute approximate surface area is 121 Å². The fourth-order valence-electron chi connectivity index (χ4n) is 5.01. The van der Waals surface area contributed by atoms with Gasteiger partial charge in [-0.3, -0.25) is 0 Å². The Balaban J connectivity index is 2.00. The van der Waals surface area contributed by atoms with E-state index in [9.17, 15) is 0 Å². The van der Waals surface area contributed by atoms with Crippen molar-refractivity contribution in [3.05, 3.63) is 0 Å². The van der Waals surface area contributed by atoms with Gasteiger partial charge in [0, 0.05) is 0 Å². The maximum absolute atomic E-state index is 2.49. The molecule has 2 rings (SSSR count). The molecular formula is C19H36. The second-order valence-electron chi connectivity index (χ2n) is 9.14. The summed E-state index contributed by atoms with van der Waals surface area (Å²) in [6.07, 6.45) is 13.3. The molecule has 0 aromatic heterocycles. The van der Waals surface area contributed by atoms with Crippen LogP contribution < -0.4 is 0 Å². The molecule has 0 aromatic carbocycles. The predicted octanol–water partition coefficient (Wildman–Crippen LogP) is 6.45. The summed E-state index contributed by atoms with van der Waals surface area (Å²) in [5.74, 6) is 3.13. The molecular weight excluding hydrogens is 228 g/mol. The molecule has 2 saturated carbocycles. The third-order valence-corrected chi connectivity index (χ3v) is 6.12. The van der Waals surface area contributed by atoms with Crippen LogP contribution in [0.3, 0.4) is 0 Å². The molecule has 2 fully saturated rings. The van der Waals surface area contributed by atoms with Gasteiger partial charge in [-0.15, -0.1) is 0 Å². The molecule has 2 aliphatic carbocycles. The Morgan fingerprint density at radius 3 is 1.68 bits per heavy atom. The summed E-state index contributed by atoms with van der Waals surface area (Å²) in [6, 6.07) is 0. The first kappa shape index (κ1) is 15.4.